The van der Waals surface area contributed by atoms with E-state index in [-0.39, 0.29) is 17.4 Å². The van der Waals surface area contributed by atoms with Gasteiger partial charge in [-0.05, 0) is 37.3 Å². The molecule has 0 fully saturated rings. The average molecular weight is 417 g/mol. The number of rotatable bonds is 7. The summed E-state index contributed by atoms with van der Waals surface area (Å²) in [7, 11) is 0. The maximum absolute atomic E-state index is 12.3. The Bertz CT molecular complexity index is 1260. The molecule has 2 heterocycles. The lowest BCUT2D eigenvalue weighted by atomic mass is 10.1. The lowest BCUT2D eigenvalue weighted by molar-refractivity contribution is -0.113. The summed E-state index contributed by atoms with van der Waals surface area (Å²) in [5.41, 5.74) is 3.69. The Hall–Kier alpha value is -3.52. The van der Waals surface area contributed by atoms with Gasteiger partial charge in [0.2, 0.25) is 11.1 Å². The van der Waals surface area contributed by atoms with Gasteiger partial charge in [-0.25, -0.2) is 4.98 Å². The Labute approximate surface area is 177 Å². The van der Waals surface area contributed by atoms with Crippen molar-refractivity contribution in [3.05, 3.63) is 66.7 Å². The summed E-state index contributed by atoms with van der Waals surface area (Å²) in [6.07, 6.45) is 1.81. The molecule has 0 radical (unpaired) electrons. The highest BCUT2D eigenvalue weighted by Crippen LogP contribution is 2.27. The minimum atomic E-state index is -0.189. The molecule has 0 unspecified atom stereocenters. The number of aromatic nitrogens is 4. The summed E-state index contributed by atoms with van der Waals surface area (Å²) in [6.45, 7) is 5.93. The first-order chi connectivity index (χ1) is 14.6. The van der Waals surface area contributed by atoms with Crippen LogP contribution in [0.3, 0.4) is 0 Å². The molecule has 0 aliphatic rings. The zero-order chi connectivity index (χ0) is 21.1. The number of hydrogen-bond donors (Lipinski definition) is 1. The van der Waals surface area contributed by atoms with Gasteiger partial charge in [0.05, 0.1) is 11.3 Å². The van der Waals surface area contributed by atoms with E-state index in [2.05, 4.69) is 27.1 Å². The molecule has 7 nitrogen and oxygen atoms in total. The van der Waals surface area contributed by atoms with Gasteiger partial charge < -0.3 is 9.88 Å². The number of nitrogens with one attached hydrogen (secondary N) is 1. The van der Waals surface area contributed by atoms with Crippen molar-refractivity contribution in [2.45, 2.75) is 18.6 Å². The smallest absolute Gasteiger partial charge is 0.234 e. The number of benzene rings is 2. The van der Waals surface area contributed by atoms with Crippen molar-refractivity contribution < 1.29 is 9.59 Å². The molecule has 30 heavy (non-hydrogen) atoms. The lowest BCUT2D eigenvalue weighted by Crippen LogP contribution is -2.14. The van der Waals surface area contributed by atoms with Crippen LogP contribution >= 0.6 is 11.8 Å². The standard InChI is InChI=1S/C22H19N5O2S/c1-3-12-27-18-7-5-4-6-17(18)20-21(27)24-22(26-25-20)30-13-19(29)23-16-10-8-15(9-11-16)14(2)28/h3-11H,1,12-13H2,2H3,(H,23,29). The number of allylic oxidation sites excluding steroid dienone is 1. The zero-order valence-corrected chi connectivity index (χ0v) is 17.1. The molecule has 0 saturated heterocycles. The molecule has 0 atom stereocenters. The minimum Gasteiger partial charge on any atom is -0.325 e. The summed E-state index contributed by atoms with van der Waals surface area (Å²) in [4.78, 5) is 28.2. The number of thioether (sulfide) groups is 1. The Morgan fingerprint density at radius 1 is 1.13 bits per heavy atom. The fourth-order valence-electron chi connectivity index (χ4n) is 3.18. The number of para-hydroxylation sites is 1. The predicted molar refractivity (Wildman–Crippen MR) is 119 cm³/mol. The zero-order valence-electron chi connectivity index (χ0n) is 16.3. The highest BCUT2D eigenvalue weighted by Gasteiger charge is 2.15. The second kappa shape index (κ2) is 8.46. The number of hydrogen-bond acceptors (Lipinski definition) is 6. The quantitative estimate of drug-likeness (QED) is 0.277. The van der Waals surface area contributed by atoms with E-state index in [1.165, 1.54) is 18.7 Å². The maximum Gasteiger partial charge on any atom is 0.234 e. The first-order valence-electron chi connectivity index (χ1n) is 9.33. The summed E-state index contributed by atoms with van der Waals surface area (Å²) >= 11 is 1.22. The van der Waals surface area contributed by atoms with Crippen LogP contribution in [-0.2, 0) is 11.3 Å². The second-order valence-electron chi connectivity index (χ2n) is 6.65. The van der Waals surface area contributed by atoms with Crippen molar-refractivity contribution in [1.29, 1.82) is 0 Å². The van der Waals surface area contributed by atoms with Gasteiger partial charge in [-0.15, -0.1) is 16.8 Å². The highest BCUT2D eigenvalue weighted by atomic mass is 32.2. The van der Waals surface area contributed by atoms with Gasteiger partial charge in [0.15, 0.2) is 11.4 Å². The molecule has 8 heteroatoms. The number of nitrogens with zero attached hydrogens (tertiary/aromatic N) is 4. The van der Waals surface area contributed by atoms with Crippen LogP contribution in [-0.4, -0.2) is 37.2 Å². The molecule has 2 aromatic carbocycles. The normalized spacial score (nSPS) is 11.0. The van der Waals surface area contributed by atoms with Gasteiger partial charge in [-0.1, -0.05) is 36.0 Å². The Morgan fingerprint density at radius 3 is 2.63 bits per heavy atom. The van der Waals surface area contributed by atoms with E-state index in [4.69, 9.17) is 0 Å². The van der Waals surface area contributed by atoms with Crippen LogP contribution in [0.1, 0.15) is 17.3 Å². The van der Waals surface area contributed by atoms with Crippen LogP contribution in [0.15, 0.2) is 66.3 Å². The van der Waals surface area contributed by atoms with Gasteiger partial charge in [-0.3, -0.25) is 9.59 Å². The van der Waals surface area contributed by atoms with Crippen LogP contribution in [0.25, 0.3) is 22.1 Å². The highest BCUT2D eigenvalue weighted by molar-refractivity contribution is 7.99. The van der Waals surface area contributed by atoms with Crippen LogP contribution in [0.4, 0.5) is 5.69 Å². The number of carbonyl (C=O) groups is 2. The number of ketones is 1. The molecule has 0 saturated carbocycles. The Kier molecular flexibility index (Phi) is 5.58. The van der Waals surface area contributed by atoms with E-state index in [1.54, 1.807) is 24.3 Å². The topological polar surface area (TPSA) is 89.8 Å². The van der Waals surface area contributed by atoms with Gasteiger partial charge in [-0.2, -0.15) is 0 Å². The lowest BCUT2D eigenvalue weighted by Gasteiger charge is -2.06. The molecule has 1 N–H and O–H groups in total. The van der Waals surface area contributed by atoms with Gasteiger partial charge in [0, 0.05) is 23.2 Å². The van der Waals surface area contributed by atoms with Gasteiger partial charge in [0.1, 0.15) is 5.52 Å². The van der Waals surface area contributed by atoms with Crippen molar-refractivity contribution in [3.63, 3.8) is 0 Å². The average Bonchev–Trinajstić information content (AvgIpc) is 3.06. The van der Waals surface area contributed by atoms with E-state index in [9.17, 15) is 9.59 Å². The Morgan fingerprint density at radius 2 is 1.90 bits per heavy atom. The van der Waals surface area contributed by atoms with Crippen LogP contribution < -0.4 is 5.32 Å². The molecule has 1 amide bonds. The van der Waals surface area contributed by atoms with Crippen molar-refractivity contribution in [2.75, 3.05) is 11.1 Å². The summed E-state index contributed by atoms with van der Waals surface area (Å²) in [5.74, 6) is -0.0631. The Balaban J connectivity index is 1.50. The molecular weight excluding hydrogens is 398 g/mol. The monoisotopic (exact) mass is 417 g/mol. The molecule has 2 aromatic heterocycles. The largest absolute Gasteiger partial charge is 0.325 e. The van der Waals surface area contributed by atoms with Crippen molar-refractivity contribution >= 4 is 51.2 Å². The van der Waals surface area contributed by atoms with E-state index >= 15 is 0 Å². The second-order valence-corrected chi connectivity index (χ2v) is 7.60. The van der Waals surface area contributed by atoms with Crippen molar-refractivity contribution in [2.24, 2.45) is 0 Å². The van der Waals surface area contributed by atoms with E-state index in [0.29, 0.717) is 28.6 Å². The third kappa shape index (κ3) is 3.95. The van der Waals surface area contributed by atoms with E-state index in [1.807, 2.05) is 34.9 Å². The fraction of sp³-hybridized carbons (Fsp3) is 0.136. The number of carbonyl (C=O) groups excluding carboxylic acids is 2. The molecule has 4 aromatic rings. The van der Waals surface area contributed by atoms with Crippen LogP contribution in [0, 0.1) is 0 Å². The van der Waals surface area contributed by atoms with Gasteiger partial charge in [0.25, 0.3) is 0 Å². The van der Waals surface area contributed by atoms with Crippen LogP contribution in [0.2, 0.25) is 0 Å². The molecular formula is C22H19N5O2S. The summed E-state index contributed by atoms with van der Waals surface area (Å²) < 4.78 is 2.03. The third-order valence-corrected chi connectivity index (χ3v) is 5.41. The van der Waals surface area contributed by atoms with E-state index < -0.39 is 0 Å². The fourth-order valence-corrected chi connectivity index (χ4v) is 3.76. The van der Waals surface area contributed by atoms with Gasteiger partial charge >= 0.3 is 0 Å². The molecule has 4 rings (SSSR count). The number of fused-ring (bicyclic) bond motifs is 3. The molecule has 150 valence electrons. The molecule has 0 aliphatic heterocycles. The van der Waals surface area contributed by atoms with Crippen LogP contribution in [0.5, 0.6) is 0 Å². The number of amides is 1. The summed E-state index contributed by atoms with van der Waals surface area (Å²) in [5, 5.41) is 12.7. The SMILES string of the molecule is C=CCn1c2ccccc2c2nnc(SCC(=O)Nc3ccc(C(C)=O)cc3)nc21. The molecule has 0 aliphatic carbocycles. The summed E-state index contributed by atoms with van der Waals surface area (Å²) in [6, 6.07) is 14.7. The van der Waals surface area contributed by atoms with E-state index in [0.717, 1.165) is 16.4 Å². The molecule has 0 bridgehead atoms. The number of anilines is 1. The predicted octanol–water partition coefficient (Wildman–Crippen LogP) is 4.10. The first-order valence-corrected chi connectivity index (χ1v) is 10.3. The van der Waals surface area contributed by atoms with Crippen molar-refractivity contribution in [3.8, 4) is 0 Å². The minimum absolute atomic E-state index is 0.0164. The molecule has 0 spiro atoms. The third-order valence-electron chi connectivity index (χ3n) is 4.57. The number of Topliss-reactive ketones (excluding diaryl/α,β-unsaturated/α-hetero) is 1. The first kappa shape index (κ1) is 19.8. The maximum atomic E-state index is 12.3. The van der Waals surface area contributed by atoms with Crippen molar-refractivity contribution in [1.82, 2.24) is 19.7 Å².